The van der Waals surface area contributed by atoms with Gasteiger partial charge in [-0.15, -0.1) is 22.7 Å². The molecule has 284 valence electrons. The first-order valence-electron chi connectivity index (χ1n) is 20.5. The van der Waals surface area contributed by atoms with Crippen LogP contribution in [-0.2, 0) is 10.8 Å². The van der Waals surface area contributed by atoms with Crippen molar-refractivity contribution in [3.05, 3.63) is 175 Å². The topological polar surface area (TPSA) is 16.4 Å². The molecule has 0 bridgehead atoms. The minimum Gasteiger partial charge on any atom is -0.456 e. The number of furan rings is 1. The molecule has 1 aliphatic carbocycles. The average molecular weight is 796 g/mol. The molecule has 3 aromatic heterocycles. The van der Waals surface area contributed by atoms with Crippen LogP contribution in [-0.4, -0.2) is 0 Å². The lowest BCUT2D eigenvalue weighted by Gasteiger charge is -2.29. The summed E-state index contributed by atoms with van der Waals surface area (Å²) in [5.41, 5.74) is 13.3. The lowest BCUT2D eigenvalue weighted by Crippen LogP contribution is -2.17. The van der Waals surface area contributed by atoms with Gasteiger partial charge in [0.2, 0.25) is 0 Å². The summed E-state index contributed by atoms with van der Waals surface area (Å²) in [7, 11) is 0. The van der Waals surface area contributed by atoms with Gasteiger partial charge in [-0.25, -0.2) is 0 Å². The average Bonchev–Trinajstić information content (AvgIpc) is 3.98. The number of anilines is 3. The number of thiophene rings is 2. The molecule has 4 heteroatoms. The van der Waals surface area contributed by atoms with E-state index in [1.165, 1.54) is 80.1 Å². The summed E-state index contributed by atoms with van der Waals surface area (Å²) in [6, 6.07) is 60.6. The van der Waals surface area contributed by atoms with Crippen LogP contribution in [0.4, 0.5) is 17.1 Å². The Morgan fingerprint density at radius 3 is 1.92 bits per heavy atom. The standard InChI is InChI=1S/C55H41NOS2/c1-54(2)32-55(3,4)43-31-51-41(30-42(43)54)52-37(19-12-24-49(52)59-51)34-15-11-14-33(28-34)36-16-5-8-20-44(36)56(35-26-27-47-40(29-35)38-17-6-9-22-46(38)57-47)45-21-13-25-50-53(45)39-18-7-10-23-48(39)58-50/h5-31H,32H2,1-4H3. The Hall–Kier alpha value is -6.20. The zero-order valence-electron chi connectivity index (χ0n) is 33.5. The van der Waals surface area contributed by atoms with Gasteiger partial charge in [-0.3, -0.25) is 0 Å². The summed E-state index contributed by atoms with van der Waals surface area (Å²) in [4.78, 5) is 2.47. The molecule has 0 fully saturated rings. The normalized spacial score (nSPS) is 14.6. The summed E-state index contributed by atoms with van der Waals surface area (Å²) in [6.07, 6.45) is 1.17. The van der Waals surface area contributed by atoms with Gasteiger partial charge < -0.3 is 9.32 Å². The zero-order valence-corrected chi connectivity index (χ0v) is 35.1. The predicted octanol–water partition coefficient (Wildman–Crippen LogP) is 17.1. The SMILES string of the molecule is CC1(C)CC(C)(C)c2cc3c(cc21)sc1cccc(-c2cccc(-c4ccccc4N(c4ccc5oc6ccccc6c5c4)c4cccc5sc6ccccc6c45)c2)c13. The highest BCUT2D eigenvalue weighted by Crippen LogP contribution is 2.53. The van der Waals surface area contributed by atoms with Crippen molar-refractivity contribution < 1.29 is 4.42 Å². The van der Waals surface area contributed by atoms with Crippen LogP contribution >= 0.6 is 22.7 Å². The van der Waals surface area contributed by atoms with Crippen LogP contribution in [0.2, 0.25) is 0 Å². The number of hydrogen-bond donors (Lipinski definition) is 0. The quantitative estimate of drug-likeness (QED) is 0.173. The molecule has 11 aromatic rings. The van der Waals surface area contributed by atoms with Crippen LogP contribution < -0.4 is 4.90 Å². The van der Waals surface area contributed by atoms with Crippen molar-refractivity contribution in [2.75, 3.05) is 4.90 Å². The number of nitrogens with zero attached hydrogens (tertiary/aromatic N) is 1. The van der Waals surface area contributed by atoms with Crippen LogP contribution in [0.25, 0.3) is 84.5 Å². The highest BCUT2D eigenvalue weighted by Gasteiger charge is 2.42. The molecule has 0 unspecified atom stereocenters. The van der Waals surface area contributed by atoms with Crippen molar-refractivity contribution in [2.45, 2.75) is 44.9 Å². The molecule has 2 nitrogen and oxygen atoms in total. The van der Waals surface area contributed by atoms with Crippen LogP contribution in [0.5, 0.6) is 0 Å². The lowest BCUT2D eigenvalue weighted by molar-refractivity contribution is 0.403. The van der Waals surface area contributed by atoms with Crippen molar-refractivity contribution >= 4 is 102 Å². The zero-order chi connectivity index (χ0) is 39.6. The fourth-order valence-corrected chi connectivity index (χ4v) is 12.8. The molecule has 0 amide bonds. The van der Waals surface area contributed by atoms with Crippen molar-refractivity contribution in [1.82, 2.24) is 0 Å². The maximum atomic E-state index is 6.34. The molecule has 0 saturated heterocycles. The lowest BCUT2D eigenvalue weighted by atomic mass is 9.82. The second-order valence-corrected chi connectivity index (χ2v) is 19.7. The molecular formula is C55H41NOS2. The Bertz CT molecular complexity index is 3500. The molecular weight excluding hydrogens is 755 g/mol. The minimum absolute atomic E-state index is 0.139. The Morgan fingerprint density at radius 2 is 1.05 bits per heavy atom. The third kappa shape index (κ3) is 5.29. The van der Waals surface area contributed by atoms with E-state index in [2.05, 4.69) is 190 Å². The van der Waals surface area contributed by atoms with E-state index in [0.717, 1.165) is 39.0 Å². The summed E-state index contributed by atoms with van der Waals surface area (Å²) in [5.74, 6) is 0. The van der Waals surface area contributed by atoms with Gasteiger partial charge in [0.25, 0.3) is 0 Å². The van der Waals surface area contributed by atoms with Crippen molar-refractivity contribution in [2.24, 2.45) is 0 Å². The van der Waals surface area contributed by atoms with E-state index < -0.39 is 0 Å². The maximum Gasteiger partial charge on any atom is 0.135 e. The Kier molecular flexibility index (Phi) is 7.46. The summed E-state index contributed by atoms with van der Waals surface area (Å²) >= 11 is 3.79. The first kappa shape index (κ1) is 34.8. The van der Waals surface area contributed by atoms with Gasteiger partial charge in [-0.1, -0.05) is 119 Å². The Labute approximate surface area is 351 Å². The molecule has 3 heterocycles. The van der Waals surface area contributed by atoms with Crippen LogP contribution in [0, 0.1) is 0 Å². The third-order valence-corrected chi connectivity index (χ3v) is 15.1. The second kappa shape index (κ2) is 12.6. The number of rotatable bonds is 5. The predicted molar refractivity (Wildman–Crippen MR) is 256 cm³/mol. The smallest absolute Gasteiger partial charge is 0.135 e. The van der Waals surface area contributed by atoms with E-state index in [4.69, 9.17) is 4.42 Å². The molecule has 59 heavy (non-hydrogen) atoms. The van der Waals surface area contributed by atoms with Gasteiger partial charge in [0.1, 0.15) is 11.2 Å². The first-order chi connectivity index (χ1) is 28.7. The van der Waals surface area contributed by atoms with E-state index in [9.17, 15) is 0 Å². The van der Waals surface area contributed by atoms with Crippen LogP contribution in [0.1, 0.15) is 45.2 Å². The maximum absolute atomic E-state index is 6.34. The third-order valence-electron chi connectivity index (χ3n) is 12.8. The molecule has 0 spiro atoms. The highest BCUT2D eigenvalue weighted by atomic mass is 32.1. The Balaban J connectivity index is 1.07. The largest absolute Gasteiger partial charge is 0.456 e. The highest BCUT2D eigenvalue weighted by molar-refractivity contribution is 7.26. The Morgan fingerprint density at radius 1 is 0.441 bits per heavy atom. The fourth-order valence-electron chi connectivity index (χ4n) is 10.5. The first-order valence-corrected chi connectivity index (χ1v) is 22.2. The van der Waals surface area contributed by atoms with Crippen molar-refractivity contribution in [3.63, 3.8) is 0 Å². The molecule has 1 aliphatic rings. The van der Waals surface area contributed by atoms with E-state index in [1.807, 2.05) is 28.7 Å². The number of fused-ring (bicyclic) bond motifs is 10. The summed E-state index contributed by atoms with van der Waals surface area (Å²) in [6.45, 7) is 9.67. The minimum atomic E-state index is 0.139. The van der Waals surface area contributed by atoms with E-state index >= 15 is 0 Å². The second-order valence-electron chi connectivity index (χ2n) is 17.6. The van der Waals surface area contributed by atoms with E-state index in [-0.39, 0.29) is 10.8 Å². The summed E-state index contributed by atoms with van der Waals surface area (Å²) in [5, 5.41) is 7.51. The van der Waals surface area contributed by atoms with Gasteiger partial charge in [0, 0.05) is 62.4 Å². The number of hydrogen-bond acceptors (Lipinski definition) is 4. The van der Waals surface area contributed by atoms with Crippen molar-refractivity contribution in [3.8, 4) is 22.3 Å². The fraction of sp³-hybridized carbons (Fsp3) is 0.127. The molecule has 8 aromatic carbocycles. The molecule has 12 rings (SSSR count). The van der Waals surface area contributed by atoms with E-state index in [1.54, 1.807) is 0 Å². The van der Waals surface area contributed by atoms with Crippen molar-refractivity contribution in [1.29, 1.82) is 0 Å². The molecule has 0 aliphatic heterocycles. The van der Waals surface area contributed by atoms with Gasteiger partial charge in [-0.2, -0.15) is 0 Å². The van der Waals surface area contributed by atoms with E-state index in [0.29, 0.717) is 0 Å². The molecule has 0 N–H and O–H groups in total. The number of benzene rings is 8. The summed E-state index contributed by atoms with van der Waals surface area (Å²) < 4.78 is 11.6. The van der Waals surface area contributed by atoms with Gasteiger partial charge in [0.05, 0.1) is 11.4 Å². The monoisotopic (exact) mass is 795 g/mol. The molecule has 0 saturated carbocycles. The van der Waals surface area contributed by atoms with Crippen LogP contribution in [0.3, 0.4) is 0 Å². The van der Waals surface area contributed by atoms with Crippen LogP contribution in [0.15, 0.2) is 168 Å². The van der Waals surface area contributed by atoms with Gasteiger partial charge in [0.15, 0.2) is 0 Å². The van der Waals surface area contributed by atoms with Gasteiger partial charge in [-0.05, 0) is 118 Å². The number of para-hydroxylation sites is 2. The van der Waals surface area contributed by atoms with Gasteiger partial charge >= 0.3 is 0 Å². The molecule has 0 radical (unpaired) electrons. The molecule has 0 atom stereocenters.